The van der Waals surface area contributed by atoms with Gasteiger partial charge in [0.2, 0.25) is 6.79 Å². The number of hydrogen-bond donors (Lipinski definition) is 1. The molecule has 3 rings (SSSR count). The molecule has 1 heterocycles. The molecule has 1 N–H and O–H groups in total. The van der Waals surface area contributed by atoms with Crippen molar-refractivity contribution in [2.45, 2.75) is 25.7 Å². The van der Waals surface area contributed by atoms with Gasteiger partial charge in [-0.15, -0.1) is 0 Å². The average Bonchev–Trinajstić information content (AvgIpc) is 2.96. The van der Waals surface area contributed by atoms with Crippen LogP contribution in [0.4, 0.5) is 5.69 Å². The minimum Gasteiger partial charge on any atom is -0.454 e. The second-order valence-electron chi connectivity index (χ2n) is 5.78. The SMILES string of the molecule is CC(=O)c1cc2c(cc1NS(=O)(=O)c1cc(C)c(Cl)cc1C)OCO2. The molecule has 2 aromatic rings. The van der Waals surface area contributed by atoms with E-state index < -0.39 is 10.0 Å². The minimum absolute atomic E-state index is 0.0262. The number of aryl methyl sites for hydroxylation is 2. The van der Waals surface area contributed by atoms with Crippen LogP contribution >= 0.6 is 11.6 Å². The lowest BCUT2D eigenvalue weighted by atomic mass is 10.1. The number of anilines is 1. The van der Waals surface area contributed by atoms with Crippen LogP contribution in [0.25, 0.3) is 0 Å². The molecule has 1 aliphatic rings. The second kappa shape index (κ2) is 6.24. The van der Waals surface area contributed by atoms with Crippen molar-refractivity contribution in [1.82, 2.24) is 0 Å². The molecule has 0 aromatic heterocycles. The van der Waals surface area contributed by atoms with E-state index in [1.54, 1.807) is 19.9 Å². The van der Waals surface area contributed by atoms with Gasteiger partial charge in [0, 0.05) is 16.7 Å². The molecule has 0 fully saturated rings. The Hall–Kier alpha value is -2.25. The van der Waals surface area contributed by atoms with Crippen LogP contribution in [0.1, 0.15) is 28.4 Å². The van der Waals surface area contributed by atoms with Crippen LogP contribution < -0.4 is 14.2 Å². The number of halogens is 1. The van der Waals surface area contributed by atoms with E-state index in [1.807, 2.05) is 0 Å². The molecule has 1 aliphatic heterocycles. The van der Waals surface area contributed by atoms with Crippen LogP contribution in [0.15, 0.2) is 29.2 Å². The number of benzene rings is 2. The van der Waals surface area contributed by atoms with Crippen LogP contribution in [0.5, 0.6) is 11.5 Å². The second-order valence-corrected chi connectivity index (χ2v) is 7.84. The highest BCUT2D eigenvalue weighted by Crippen LogP contribution is 2.38. The predicted octanol–water partition coefficient (Wildman–Crippen LogP) is 3.69. The van der Waals surface area contributed by atoms with Crippen molar-refractivity contribution in [3.8, 4) is 11.5 Å². The van der Waals surface area contributed by atoms with Gasteiger partial charge < -0.3 is 9.47 Å². The molecule has 8 heteroatoms. The fourth-order valence-electron chi connectivity index (χ4n) is 2.56. The molecule has 25 heavy (non-hydrogen) atoms. The number of nitrogens with one attached hydrogen (secondary N) is 1. The molecule has 0 amide bonds. The van der Waals surface area contributed by atoms with Gasteiger partial charge in [-0.1, -0.05) is 11.6 Å². The zero-order valence-electron chi connectivity index (χ0n) is 13.8. The number of rotatable bonds is 4. The molecule has 0 saturated heterocycles. The van der Waals surface area contributed by atoms with Crippen molar-refractivity contribution in [2.24, 2.45) is 0 Å². The molecule has 0 aliphatic carbocycles. The summed E-state index contributed by atoms with van der Waals surface area (Å²) >= 11 is 6.04. The molecule has 2 aromatic carbocycles. The van der Waals surface area contributed by atoms with Gasteiger partial charge in [-0.25, -0.2) is 8.42 Å². The van der Waals surface area contributed by atoms with Crippen molar-refractivity contribution in [2.75, 3.05) is 11.5 Å². The van der Waals surface area contributed by atoms with Gasteiger partial charge in [0.15, 0.2) is 17.3 Å². The Morgan fingerprint density at radius 3 is 2.36 bits per heavy atom. The van der Waals surface area contributed by atoms with E-state index in [1.165, 1.54) is 25.1 Å². The van der Waals surface area contributed by atoms with Crippen molar-refractivity contribution in [3.63, 3.8) is 0 Å². The average molecular weight is 382 g/mol. The first-order valence-corrected chi connectivity index (χ1v) is 9.29. The number of carbonyl (C=O) groups is 1. The predicted molar refractivity (Wildman–Crippen MR) is 94.3 cm³/mol. The van der Waals surface area contributed by atoms with E-state index >= 15 is 0 Å². The third-order valence-electron chi connectivity index (χ3n) is 3.88. The van der Waals surface area contributed by atoms with E-state index in [0.717, 1.165) is 0 Å². The first kappa shape index (κ1) is 17.6. The van der Waals surface area contributed by atoms with Crippen molar-refractivity contribution >= 4 is 33.1 Å². The fourth-order valence-corrected chi connectivity index (χ4v) is 4.16. The van der Waals surface area contributed by atoms with Crippen molar-refractivity contribution < 1.29 is 22.7 Å². The summed E-state index contributed by atoms with van der Waals surface area (Å²) in [6, 6.07) is 6.02. The van der Waals surface area contributed by atoms with Crippen LogP contribution in [-0.2, 0) is 10.0 Å². The van der Waals surface area contributed by atoms with Gasteiger partial charge >= 0.3 is 0 Å². The molecule has 0 atom stereocenters. The van der Waals surface area contributed by atoms with Gasteiger partial charge in [-0.2, -0.15) is 0 Å². The maximum absolute atomic E-state index is 12.8. The zero-order chi connectivity index (χ0) is 18.4. The van der Waals surface area contributed by atoms with Crippen LogP contribution in [-0.4, -0.2) is 21.0 Å². The molecule has 0 radical (unpaired) electrons. The largest absolute Gasteiger partial charge is 0.454 e. The Kier molecular flexibility index (Phi) is 4.38. The van der Waals surface area contributed by atoms with E-state index in [-0.39, 0.29) is 28.7 Å². The molecule has 6 nitrogen and oxygen atoms in total. The minimum atomic E-state index is -3.91. The van der Waals surface area contributed by atoms with E-state index in [0.29, 0.717) is 27.6 Å². The maximum atomic E-state index is 12.8. The molecular formula is C17H16ClNO5S. The van der Waals surface area contributed by atoms with Gasteiger partial charge in [0.1, 0.15) is 0 Å². The van der Waals surface area contributed by atoms with E-state index in [2.05, 4.69) is 4.72 Å². The number of ketones is 1. The molecule has 132 valence electrons. The van der Waals surface area contributed by atoms with Gasteiger partial charge in [0.25, 0.3) is 10.0 Å². The number of hydrogen-bond acceptors (Lipinski definition) is 5. The van der Waals surface area contributed by atoms with Crippen LogP contribution in [0.3, 0.4) is 0 Å². The van der Waals surface area contributed by atoms with E-state index in [9.17, 15) is 13.2 Å². The van der Waals surface area contributed by atoms with Gasteiger partial charge in [-0.05, 0) is 50.1 Å². The van der Waals surface area contributed by atoms with Crippen LogP contribution in [0.2, 0.25) is 5.02 Å². The molecule has 0 bridgehead atoms. The lowest BCUT2D eigenvalue weighted by molar-refractivity contribution is 0.101. The summed E-state index contributed by atoms with van der Waals surface area (Å²) in [5.74, 6) is 0.499. The molecule has 0 saturated carbocycles. The highest BCUT2D eigenvalue weighted by atomic mass is 35.5. The maximum Gasteiger partial charge on any atom is 0.262 e. The summed E-state index contributed by atoms with van der Waals surface area (Å²) in [4.78, 5) is 12.0. The van der Waals surface area contributed by atoms with Crippen LogP contribution in [0, 0.1) is 13.8 Å². The van der Waals surface area contributed by atoms with Gasteiger partial charge in [-0.3, -0.25) is 9.52 Å². The highest BCUT2D eigenvalue weighted by Gasteiger charge is 2.24. The van der Waals surface area contributed by atoms with Crippen molar-refractivity contribution in [1.29, 1.82) is 0 Å². The quantitative estimate of drug-likeness (QED) is 0.817. The summed E-state index contributed by atoms with van der Waals surface area (Å²) in [7, 11) is -3.91. The number of sulfonamides is 1. The highest BCUT2D eigenvalue weighted by molar-refractivity contribution is 7.92. The zero-order valence-corrected chi connectivity index (χ0v) is 15.4. The van der Waals surface area contributed by atoms with Gasteiger partial charge in [0.05, 0.1) is 10.6 Å². The summed E-state index contributed by atoms with van der Waals surface area (Å²) in [6.07, 6.45) is 0. The first-order chi connectivity index (χ1) is 11.7. The lowest BCUT2D eigenvalue weighted by Crippen LogP contribution is -2.16. The number of Topliss-reactive ketones (excluding diaryl/α,β-unsaturated/α-hetero) is 1. The number of fused-ring (bicyclic) bond motifs is 1. The third kappa shape index (κ3) is 3.29. The standard InChI is InChI=1S/C17H16ClNO5S/c1-9-5-17(10(2)4-13(9)18)25(21,22)19-14-7-16-15(23-8-24-16)6-12(14)11(3)20/h4-7,19H,8H2,1-3H3. The monoisotopic (exact) mass is 381 g/mol. The smallest absolute Gasteiger partial charge is 0.262 e. The molecule has 0 unspecified atom stereocenters. The Labute approximate surface area is 150 Å². The summed E-state index contributed by atoms with van der Waals surface area (Å²) < 4.78 is 38.6. The Morgan fingerprint density at radius 1 is 1.08 bits per heavy atom. The Morgan fingerprint density at radius 2 is 1.72 bits per heavy atom. The fraction of sp³-hybridized carbons (Fsp3) is 0.235. The lowest BCUT2D eigenvalue weighted by Gasteiger charge is -2.14. The van der Waals surface area contributed by atoms with Crippen molar-refractivity contribution in [3.05, 3.63) is 46.0 Å². The number of ether oxygens (including phenoxy) is 2. The molecular weight excluding hydrogens is 366 g/mol. The Bertz CT molecular complexity index is 985. The summed E-state index contributed by atoms with van der Waals surface area (Å²) in [6.45, 7) is 4.76. The Balaban J connectivity index is 2.07. The normalized spacial score (nSPS) is 13.0. The summed E-state index contributed by atoms with van der Waals surface area (Å²) in [5.41, 5.74) is 1.50. The summed E-state index contributed by atoms with van der Waals surface area (Å²) in [5, 5.41) is 0.490. The van der Waals surface area contributed by atoms with E-state index in [4.69, 9.17) is 21.1 Å². The number of carbonyl (C=O) groups excluding carboxylic acids is 1. The molecule has 0 spiro atoms. The third-order valence-corrected chi connectivity index (χ3v) is 5.80. The topological polar surface area (TPSA) is 81.7 Å². The first-order valence-electron chi connectivity index (χ1n) is 7.43.